The number of esters is 1. The van der Waals surface area contributed by atoms with Crippen LogP contribution in [0.4, 0.5) is 4.79 Å². The summed E-state index contributed by atoms with van der Waals surface area (Å²) in [5.41, 5.74) is -0.128. The molecule has 12 heteroatoms. The molecule has 1 heterocycles. The Morgan fingerprint density at radius 3 is 2.40 bits per heavy atom. The van der Waals surface area contributed by atoms with Gasteiger partial charge in [0, 0.05) is 24.6 Å². The van der Waals surface area contributed by atoms with Crippen molar-refractivity contribution in [2.75, 3.05) is 6.54 Å². The fourth-order valence-corrected chi connectivity index (χ4v) is 4.33. The number of alkyl carbamates (subject to hydrolysis) is 1. The summed E-state index contributed by atoms with van der Waals surface area (Å²) in [5.74, 6) is -2.29. The Balaban J connectivity index is 2.18. The number of amides is 4. The van der Waals surface area contributed by atoms with Gasteiger partial charge in [0.25, 0.3) is 0 Å². The van der Waals surface area contributed by atoms with Gasteiger partial charge in [-0.15, -0.1) is 0 Å². The maximum atomic E-state index is 13.5. The van der Waals surface area contributed by atoms with Gasteiger partial charge in [0.1, 0.15) is 24.8 Å². The molecule has 0 aromatic heterocycles. The van der Waals surface area contributed by atoms with Crippen LogP contribution in [-0.2, 0) is 35.3 Å². The second-order valence-corrected chi connectivity index (χ2v) is 11.5. The molecule has 0 bridgehead atoms. The second-order valence-electron chi connectivity index (χ2n) is 11.5. The standard InChI is InChI=1S/C31H43N5O7/c1-6-11-24(27(38)34-23(14-10-16-32)18-22-15-17-33-26(22)37)35-28(39)25(20(2)43-29(40)31(3,4)5)36-30(41)42-19-21-12-8-7-9-13-21/h7-10,12-14,20,22-25H,6,11,15,17-19H2,1-5H3,(H,33,37)(H,34,38)(H,35,39)(H,36,41)/b14-10+/t20?,22?,23-,24+,25+/m1/s1. The van der Waals surface area contributed by atoms with Gasteiger partial charge in [-0.25, -0.2) is 4.79 Å². The van der Waals surface area contributed by atoms with Gasteiger partial charge in [-0.3, -0.25) is 19.2 Å². The number of ether oxygens (including phenoxy) is 2. The topological polar surface area (TPSA) is 176 Å². The molecule has 234 valence electrons. The van der Waals surface area contributed by atoms with E-state index in [2.05, 4.69) is 21.3 Å². The van der Waals surface area contributed by atoms with Crippen molar-refractivity contribution in [2.45, 2.75) is 91.1 Å². The Bertz CT molecular complexity index is 1190. The molecule has 1 aliphatic rings. The van der Waals surface area contributed by atoms with Gasteiger partial charge >= 0.3 is 12.1 Å². The highest BCUT2D eigenvalue weighted by molar-refractivity contribution is 5.92. The molecule has 2 rings (SSSR count). The van der Waals surface area contributed by atoms with Crippen LogP contribution in [0.3, 0.4) is 0 Å². The van der Waals surface area contributed by atoms with Gasteiger partial charge in [0.05, 0.1) is 11.5 Å². The Kier molecular flexibility index (Phi) is 13.7. The molecule has 1 aromatic carbocycles. The molecule has 12 nitrogen and oxygen atoms in total. The number of benzene rings is 1. The summed E-state index contributed by atoms with van der Waals surface area (Å²) < 4.78 is 10.8. The number of hydrogen-bond donors (Lipinski definition) is 4. The number of hydrogen-bond acceptors (Lipinski definition) is 8. The van der Waals surface area contributed by atoms with Crippen LogP contribution in [0.1, 0.15) is 65.9 Å². The zero-order chi connectivity index (χ0) is 32.0. The first-order valence-corrected chi connectivity index (χ1v) is 14.5. The van der Waals surface area contributed by atoms with Crippen molar-refractivity contribution in [1.29, 1.82) is 5.26 Å². The molecule has 4 N–H and O–H groups in total. The van der Waals surface area contributed by atoms with Crippen LogP contribution in [0.25, 0.3) is 0 Å². The summed E-state index contributed by atoms with van der Waals surface area (Å²) in [6.45, 7) is 8.78. The molecule has 0 spiro atoms. The van der Waals surface area contributed by atoms with Crippen molar-refractivity contribution in [3.63, 3.8) is 0 Å². The average Bonchev–Trinajstić information content (AvgIpc) is 3.36. The smallest absolute Gasteiger partial charge is 0.408 e. The van der Waals surface area contributed by atoms with Gasteiger partial charge in [-0.1, -0.05) is 49.8 Å². The molecule has 4 amide bonds. The number of nitrogens with zero attached hydrogens (tertiary/aromatic N) is 1. The van der Waals surface area contributed by atoms with Gasteiger partial charge in [-0.05, 0) is 52.5 Å². The van der Waals surface area contributed by atoms with Crippen molar-refractivity contribution in [3.05, 3.63) is 48.0 Å². The highest BCUT2D eigenvalue weighted by atomic mass is 16.6. The molecule has 0 radical (unpaired) electrons. The summed E-state index contributed by atoms with van der Waals surface area (Å²) in [4.78, 5) is 64.3. The van der Waals surface area contributed by atoms with E-state index in [0.717, 1.165) is 5.56 Å². The van der Waals surface area contributed by atoms with E-state index in [1.807, 2.05) is 19.1 Å². The zero-order valence-electron chi connectivity index (χ0n) is 25.5. The highest BCUT2D eigenvalue weighted by Crippen LogP contribution is 2.19. The van der Waals surface area contributed by atoms with Crippen molar-refractivity contribution >= 4 is 29.8 Å². The number of rotatable bonds is 14. The summed E-state index contributed by atoms with van der Waals surface area (Å²) in [6, 6.07) is 7.85. The number of allylic oxidation sites excluding steroid dienone is 1. The van der Waals surface area contributed by atoms with Gasteiger partial charge in [0.15, 0.2) is 0 Å². The fourth-order valence-electron chi connectivity index (χ4n) is 4.33. The predicted octanol–water partition coefficient (Wildman–Crippen LogP) is 2.63. The first-order valence-electron chi connectivity index (χ1n) is 14.5. The lowest BCUT2D eigenvalue weighted by molar-refractivity contribution is -0.160. The van der Waals surface area contributed by atoms with Gasteiger partial charge in [0.2, 0.25) is 17.7 Å². The van der Waals surface area contributed by atoms with Crippen molar-refractivity contribution in [1.82, 2.24) is 21.3 Å². The minimum atomic E-state index is -1.38. The number of carbonyl (C=O) groups excluding carboxylic acids is 5. The third-order valence-corrected chi connectivity index (χ3v) is 6.79. The normalized spacial score (nSPS) is 17.5. The van der Waals surface area contributed by atoms with E-state index in [-0.39, 0.29) is 24.9 Å². The van der Waals surface area contributed by atoms with E-state index >= 15 is 0 Å². The molecule has 2 unspecified atom stereocenters. The van der Waals surface area contributed by atoms with Crippen LogP contribution in [-0.4, -0.2) is 60.6 Å². The monoisotopic (exact) mass is 597 g/mol. The first kappa shape index (κ1) is 34.8. The minimum absolute atomic E-state index is 0.0470. The third kappa shape index (κ3) is 11.8. The van der Waals surface area contributed by atoms with E-state index in [9.17, 15) is 24.0 Å². The van der Waals surface area contributed by atoms with Crippen molar-refractivity contribution in [2.24, 2.45) is 11.3 Å². The van der Waals surface area contributed by atoms with E-state index in [1.54, 1.807) is 45.0 Å². The van der Waals surface area contributed by atoms with Crippen LogP contribution in [0.5, 0.6) is 0 Å². The largest absolute Gasteiger partial charge is 0.460 e. The van der Waals surface area contributed by atoms with Gasteiger partial charge in [-0.2, -0.15) is 5.26 Å². The molecule has 1 fully saturated rings. The minimum Gasteiger partial charge on any atom is -0.460 e. The lowest BCUT2D eigenvalue weighted by atomic mass is 9.97. The molecule has 0 aliphatic carbocycles. The molecule has 43 heavy (non-hydrogen) atoms. The molecular formula is C31H43N5O7. The Morgan fingerprint density at radius 1 is 1.12 bits per heavy atom. The molecule has 1 saturated heterocycles. The zero-order valence-corrected chi connectivity index (χ0v) is 25.5. The van der Waals surface area contributed by atoms with Crippen LogP contribution in [0.2, 0.25) is 0 Å². The summed E-state index contributed by atoms with van der Waals surface area (Å²) in [7, 11) is 0. The van der Waals surface area contributed by atoms with E-state index in [0.29, 0.717) is 25.8 Å². The van der Waals surface area contributed by atoms with Crippen molar-refractivity contribution in [3.8, 4) is 6.07 Å². The van der Waals surface area contributed by atoms with Crippen LogP contribution >= 0.6 is 0 Å². The quantitative estimate of drug-likeness (QED) is 0.187. The van der Waals surface area contributed by atoms with Gasteiger partial charge < -0.3 is 30.7 Å². The Hall–Kier alpha value is -4.40. The highest BCUT2D eigenvalue weighted by Gasteiger charge is 2.36. The van der Waals surface area contributed by atoms with E-state index in [4.69, 9.17) is 14.7 Å². The molecule has 5 atom stereocenters. The van der Waals surface area contributed by atoms with Crippen LogP contribution < -0.4 is 21.3 Å². The lowest BCUT2D eigenvalue weighted by Gasteiger charge is -2.29. The van der Waals surface area contributed by atoms with E-state index in [1.165, 1.54) is 19.1 Å². The molecular weight excluding hydrogens is 554 g/mol. The maximum Gasteiger partial charge on any atom is 0.408 e. The number of nitriles is 1. The molecule has 0 saturated carbocycles. The average molecular weight is 598 g/mol. The predicted molar refractivity (Wildman–Crippen MR) is 158 cm³/mol. The number of nitrogens with one attached hydrogen (secondary N) is 4. The fraction of sp³-hybridized carbons (Fsp3) is 0.548. The maximum absolute atomic E-state index is 13.5. The SMILES string of the molecule is CCC[C@H](NC(=O)[C@@H](NC(=O)OCc1ccccc1)C(C)OC(=O)C(C)(C)C)C(=O)N[C@H](/C=C/C#N)CC1CCNC1=O. The number of carbonyl (C=O) groups is 5. The lowest BCUT2D eigenvalue weighted by Crippen LogP contribution is -2.58. The second kappa shape index (κ2) is 16.9. The summed E-state index contributed by atoms with van der Waals surface area (Å²) in [6.07, 6.45) is 2.43. The summed E-state index contributed by atoms with van der Waals surface area (Å²) in [5, 5.41) is 19.7. The molecule has 1 aliphatic heterocycles. The third-order valence-electron chi connectivity index (χ3n) is 6.79. The summed E-state index contributed by atoms with van der Waals surface area (Å²) >= 11 is 0. The first-order chi connectivity index (χ1) is 20.3. The van der Waals surface area contributed by atoms with Crippen molar-refractivity contribution < 1.29 is 33.4 Å². The van der Waals surface area contributed by atoms with E-state index < -0.39 is 53.5 Å². The van der Waals surface area contributed by atoms with Crippen LogP contribution in [0.15, 0.2) is 42.5 Å². The molecule has 1 aromatic rings. The Labute approximate surface area is 252 Å². The van der Waals surface area contributed by atoms with Crippen LogP contribution in [0, 0.1) is 22.7 Å². The Morgan fingerprint density at radius 2 is 1.81 bits per heavy atom.